The molecule has 33 heavy (non-hydrogen) atoms. The highest BCUT2D eigenvalue weighted by molar-refractivity contribution is 9.10. The Labute approximate surface area is 212 Å². The number of aryl methyl sites for hydroxylation is 2. The Hall–Kier alpha value is -2.16. The van der Waals surface area contributed by atoms with Crippen molar-refractivity contribution in [3.8, 4) is 0 Å². The SMILES string of the molecule is CC1=Cc2c(cc3cc(Br)ccc3c2C)C1CC1C(C)=Cc2c1cc1cc(Br)ccc1c2C. The molecule has 2 aliphatic rings. The Balaban J connectivity index is 1.46. The van der Waals surface area contributed by atoms with E-state index in [1.165, 1.54) is 66.1 Å². The molecule has 0 saturated heterocycles. The van der Waals surface area contributed by atoms with Crippen LogP contribution in [-0.2, 0) is 0 Å². The minimum Gasteiger partial charge on any atom is -0.0652 e. The fourth-order valence-electron chi connectivity index (χ4n) is 6.17. The molecule has 2 heteroatoms. The minimum absolute atomic E-state index is 0.458. The lowest BCUT2D eigenvalue weighted by atomic mass is 9.80. The molecule has 0 fully saturated rings. The zero-order valence-electron chi connectivity index (χ0n) is 19.4. The molecule has 4 aromatic rings. The number of hydrogen-bond donors (Lipinski definition) is 0. The van der Waals surface area contributed by atoms with E-state index in [2.05, 4.69) is 120 Å². The molecule has 0 amide bonds. The van der Waals surface area contributed by atoms with Crippen molar-refractivity contribution in [2.75, 3.05) is 0 Å². The van der Waals surface area contributed by atoms with Gasteiger partial charge in [0, 0.05) is 20.8 Å². The van der Waals surface area contributed by atoms with Gasteiger partial charge in [0.25, 0.3) is 0 Å². The molecule has 2 aliphatic carbocycles. The van der Waals surface area contributed by atoms with Crippen LogP contribution >= 0.6 is 31.9 Å². The molecule has 2 unspecified atom stereocenters. The van der Waals surface area contributed by atoms with Crippen molar-refractivity contribution in [2.45, 2.75) is 46.0 Å². The van der Waals surface area contributed by atoms with Crippen LogP contribution in [0.4, 0.5) is 0 Å². The first-order chi connectivity index (χ1) is 15.8. The quantitative estimate of drug-likeness (QED) is 0.230. The van der Waals surface area contributed by atoms with E-state index >= 15 is 0 Å². The smallest absolute Gasteiger partial charge is 0.0181 e. The summed E-state index contributed by atoms with van der Waals surface area (Å²) in [4.78, 5) is 0. The molecule has 0 nitrogen and oxygen atoms in total. The second-order valence-corrected chi connectivity index (χ2v) is 11.7. The van der Waals surface area contributed by atoms with Crippen LogP contribution in [0.1, 0.15) is 65.5 Å². The highest BCUT2D eigenvalue weighted by Gasteiger charge is 2.32. The van der Waals surface area contributed by atoms with Gasteiger partial charge in [-0.25, -0.2) is 0 Å². The molecular formula is C31H26Br2. The maximum atomic E-state index is 3.67. The van der Waals surface area contributed by atoms with E-state index in [1.807, 2.05) is 0 Å². The fourth-order valence-corrected chi connectivity index (χ4v) is 6.93. The van der Waals surface area contributed by atoms with Crippen LogP contribution in [0, 0.1) is 13.8 Å². The second-order valence-electron chi connectivity index (χ2n) is 9.86. The maximum Gasteiger partial charge on any atom is 0.0181 e. The number of benzene rings is 4. The summed E-state index contributed by atoms with van der Waals surface area (Å²) in [5, 5.41) is 5.38. The number of rotatable bonds is 2. The zero-order chi connectivity index (χ0) is 23.0. The third-order valence-electron chi connectivity index (χ3n) is 7.95. The van der Waals surface area contributed by atoms with E-state index in [0.29, 0.717) is 11.8 Å². The molecule has 6 rings (SSSR count). The molecule has 0 aliphatic heterocycles. The average molecular weight is 558 g/mol. The molecule has 164 valence electrons. The van der Waals surface area contributed by atoms with E-state index in [0.717, 1.165) is 15.4 Å². The molecule has 0 bridgehead atoms. The van der Waals surface area contributed by atoms with Gasteiger partial charge in [-0.1, -0.05) is 67.3 Å². The largest absolute Gasteiger partial charge is 0.0652 e. The Morgan fingerprint density at radius 1 is 0.606 bits per heavy atom. The first-order valence-corrected chi connectivity index (χ1v) is 13.2. The minimum atomic E-state index is 0.458. The van der Waals surface area contributed by atoms with Crippen LogP contribution in [0.3, 0.4) is 0 Å². The summed E-state index contributed by atoms with van der Waals surface area (Å²) in [6, 6.07) is 18.2. The number of fused-ring (bicyclic) bond motifs is 4. The van der Waals surface area contributed by atoms with E-state index in [9.17, 15) is 0 Å². The van der Waals surface area contributed by atoms with E-state index in [-0.39, 0.29) is 0 Å². The van der Waals surface area contributed by atoms with Gasteiger partial charge in [-0.05, 0) is 125 Å². The lowest BCUT2D eigenvalue weighted by Crippen LogP contribution is -2.07. The number of allylic oxidation sites excluding steroid dienone is 2. The zero-order valence-corrected chi connectivity index (χ0v) is 22.6. The lowest BCUT2D eigenvalue weighted by Gasteiger charge is -2.23. The van der Waals surface area contributed by atoms with Gasteiger partial charge in [-0.15, -0.1) is 0 Å². The van der Waals surface area contributed by atoms with Crippen LogP contribution in [0.15, 0.2) is 68.6 Å². The van der Waals surface area contributed by atoms with Gasteiger partial charge in [0.2, 0.25) is 0 Å². The summed E-state index contributed by atoms with van der Waals surface area (Å²) in [5.41, 5.74) is 11.7. The lowest BCUT2D eigenvalue weighted by molar-refractivity contribution is 0.643. The molecular weight excluding hydrogens is 532 g/mol. The van der Waals surface area contributed by atoms with Crippen LogP contribution in [0.5, 0.6) is 0 Å². The Morgan fingerprint density at radius 3 is 1.45 bits per heavy atom. The van der Waals surface area contributed by atoms with Crippen molar-refractivity contribution in [2.24, 2.45) is 0 Å². The van der Waals surface area contributed by atoms with Crippen molar-refractivity contribution in [1.29, 1.82) is 0 Å². The van der Waals surface area contributed by atoms with Crippen LogP contribution in [0.2, 0.25) is 0 Å². The van der Waals surface area contributed by atoms with Crippen LogP contribution in [0.25, 0.3) is 33.7 Å². The van der Waals surface area contributed by atoms with Crippen molar-refractivity contribution in [3.05, 3.63) is 102 Å². The topological polar surface area (TPSA) is 0 Å². The second kappa shape index (κ2) is 7.68. The standard InChI is InChI=1S/C31H26Br2/c1-16-9-28-18(3)24-7-5-22(32)11-20(24)13-30(28)26(16)15-27-17(2)10-29-19(4)25-8-6-23(33)12-21(25)14-31(27)29/h5-14,26-27H,15H2,1-4H3. The Morgan fingerprint density at radius 2 is 1.03 bits per heavy atom. The Bertz CT molecular complexity index is 1430. The molecule has 0 aromatic heterocycles. The van der Waals surface area contributed by atoms with Gasteiger partial charge >= 0.3 is 0 Å². The highest BCUT2D eigenvalue weighted by atomic mass is 79.9. The van der Waals surface area contributed by atoms with Crippen LogP contribution < -0.4 is 0 Å². The van der Waals surface area contributed by atoms with Gasteiger partial charge in [0.15, 0.2) is 0 Å². The van der Waals surface area contributed by atoms with Crippen molar-refractivity contribution >= 4 is 65.6 Å². The Kier molecular flexibility index (Phi) is 4.98. The van der Waals surface area contributed by atoms with Crippen molar-refractivity contribution in [1.82, 2.24) is 0 Å². The number of halogens is 2. The van der Waals surface area contributed by atoms with Crippen LogP contribution in [-0.4, -0.2) is 0 Å². The third-order valence-corrected chi connectivity index (χ3v) is 8.94. The summed E-state index contributed by atoms with van der Waals surface area (Å²) in [6.45, 7) is 9.21. The fraction of sp³-hybridized carbons (Fsp3) is 0.226. The molecule has 0 saturated carbocycles. The first kappa shape index (κ1) is 21.4. The normalized spacial score (nSPS) is 19.1. The average Bonchev–Trinajstić information content (AvgIpc) is 3.25. The summed E-state index contributed by atoms with van der Waals surface area (Å²) < 4.78 is 2.29. The molecule has 0 N–H and O–H groups in total. The number of hydrogen-bond acceptors (Lipinski definition) is 0. The molecule has 0 spiro atoms. The summed E-state index contributed by atoms with van der Waals surface area (Å²) in [5.74, 6) is 0.916. The van der Waals surface area contributed by atoms with E-state index in [1.54, 1.807) is 0 Å². The van der Waals surface area contributed by atoms with Gasteiger partial charge in [0.05, 0.1) is 0 Å². The monoisotopic (exact) mass is 556 g/mol. The van der Waals surface area contributed by atoms with E-state index < -0.39 is 0 Å². The van der Waals surface area contributed by atoms with Gasteiger partial charge < -0.3 is 0 Å². The third kappa shape index (κ3) is 3.29. The predicted octanol–water partition coefficient (Wildman–Crippen LogP) is 10.2. The predicted molar refractivity (Wildman–Crippen MR) is 150 cm³/mol. The van der Waals surface area contributed by atoms with Gasteiger partial charge in [-0.3, -0.25) is 0 Å². The van der Waals surface area contributed by atoms with Gasteiger partial charge in [-0.2, -0.15) is 0 Å². The summed E-state index contributed by atoms with van der Waals surface area (Å²) in [6.07, 6.45) is 6.01. The van der Waals surface area contributed by atoms with Crippen molar-refractivity contribution < 1.29 is 0 Å². The van der Waals surface area contributed by atoms with Crippen molar-refractivity contribution in [3.63, 3.8) is 0 Å². The summed E-state index contributed by atoms with van der Waals surface area (Å²) >= 11 is 7.34. The molecule has 4 aromatic carbocycles. The van der Waals surface area contributed by atoms with E-state index in [4.69, 9.17) is 0 Å². The first-order valence-electron chi connectivity index (χ1n) is 11.6. The van der Waals surface area contributed by atoms with Gasteiger partial charge in [0.1, 0.15) is 0 Å². The molecule has 0 heterocycles. The maximum absolute atomic E-state index is 3.67. The summed E-state index contributed by atoms with van der Waals surface area (Å²) in [7, 11) is 0. The molecule has 0 radical (unpaired) electrons. The highest BCUT2D eigenvalue weighted by Crippen LogP contribution is 2.50. The molecule has 2 atom stereocenters.